The number of ether oxygens (including phenoxy) is 1. The van der Waals surface area contributed by atoms with Crippen molar-refractivity contribution in [1.29, 1.82) is 21.0 Å². The van der Waals surface area contributed by atoms with E-state index in [1.807, 2.05) is 78.9 Å². The van der Waals surface area contributed by atoms with Crippen LogP contribution in [-0.4, -0.2) is 4.98 Å². The fourth-order valence-corrected chi connectivity index (χ4v) is 7.45. The molecule has 1 aromatic heterocycles. The average Bonchev–Trinajstić information content (AvgIpc) is 3.72. The Morgan fingerprint density at radius 2 is 1.28 bits per heavy atom. The molecule has 6 aromatic carbocycles. The first-order valence-electron chi connectivity index (χ1n) is 16.8. The van der Waals surface area contributed by atoms with Crippen molar-refractivity contribution in [2.24, 2.45) is 0 Å². The Morgan fingerprint density at radius 3 is 2.02 bits per heavy atom. The van der Waals surface area contributed by atoms with Gasteiger partial charge in [0.05, 0.1) is 27.9 Å². The molecule has 0 saturated carbocycles. The molecule has 1 aliphatic rings. The third kappa shape index (κ3) is 5.23. The Hall–Kier alpha value is -7.65. The van der Waals surface area contributed by atoms with Crippen molar-refractivity contribution >= 4 is 16.8 Å². The third-order valence-electron chi connectivity index (χ3n) is 9.96. The van der Waals surface area contributed by atoms with Crippen LogP contribution in [-0.2, 0) is 12.0 Å². The van der Waals surface area contributed by atoms with Gasteiger partial charge in [-0.25, -0.2) is 4.98 Å². The zero-order chi connectivity index (χ0) is 36.9. The number of hydrogen-bond donors (Lipinski definition) is 1. The van der Waals surface area contributed by atoms with Crippen LogP contribution in [0.2, 0.25) is 0 Å². The van der Waals surface area contributed by atoms with Gasteiger partial charge in [-0.3, -0.25) is 0 Å². The van der Waals surface area contributed by atoms with Crippen LogP contribution in [0, 0.1) is 45.3 Å². The summed E-state index contributed by atoms with van der Waals surface area (Å²) < 4.78 is 12.3. The molecule has 0 bridgehead atoms. The largest absolute Gasteiger partial charge is 0.487 e. The molecule has 7 aromatic rings. The predicted molar refractivity (Wildman–Crippen MR) is 202 cm³/mol. The van der Waals surface area contributed by atoms with E-state index in [1.54, 1.807) is 18.2 Å². The second kappa shape index (κ2) is 12.6. The molecule has 0 radical (unpaired) electrons. The topological polar surface area (TPSA) is 156 Å². The molecule has 1 aliphatic carbocycles. The molecule has 250 valence electrons. The molecule has 0 amide bonds. The lowest BCUT2D eigenvalue weighted by atomic mass is 9.79. The molecule has 0 aliphatic heterocycles. The highest BCUT2D eigenvalue weighted by atomic mass is 16.5. The normalized spacial score (nSPS) is 12.2. The van der Waals surface area contributed by atoms with Gasteiger partial charge in [0.1, 0.15) is 42.1 Å². The number of nitriles is 4. The summed E-state index contributed by atoms with van der Waals surface area (Å²) >= 11 is 0. The highest BCUT2D eigenvalue weighted by molar-refractivity contribution is 5.94. The van der Waals surface area contributed by atoms with Crippen molar-refractivity contribution in [2.75, 3.05) is 5.73 Å². The van der Waals surface area contributed by atoms with Gasteiger partial charge in [0, 0.05) is 22.1 Å². The van der Waals surface area contributed by atoms with Crippen molar-refractivity contribution in [2.45, 2.75) is 25.9 Å². The molecule has 1 heterocycles. The molecular formula is C45H28N6O2. The van der Waals surface area contributed by atoms with E-state index in [1.165, 1.54) is 5.56 Å². The van der Waals surface area contributed by atoms with E-state index < -0.39 is 0 Å². The Labute approximate surface area is 305 Å². The summed E-state index contributed by atoms with van der Waals surface area (Å²) in [5, 5.41) is 42.7. The first-order valence-corrected chi connectivity index (χ1v) is 16.8. The summed E-state index contributed by atoms with van der Waals surface area (Å²) in [7, 11) is 0. The second-order valence-electron chi connectivity index (χ2n) is 13.4. The number of oxazole rings is 1. The van der Waals surface area contributed by atoms with Crippen molar-refractivity contribution in [1.82, 2.24) is 4.98 Å². The number of nitrogen functional groups attached to an aromatic ring is 1. The lowest BCUT2D eigenvalue weighted by Gasteiger charge is -2.23. The summed E-state index contributed by atoms with van der Waals surface area (Å²) in [4.78, 5) is 4.71. The van der Waals surface area contributed by atoms with Gasteiger partial charge in [-0.15, -0.1) is 0 Å². The lowest BCUT2D eigenvalue weighted by Crippen LogP contribution is -2.15. The number of fused-ring (bicyclic) bond motifs is 4. The standard InChI is InChI=1S/C45H28N6O2/c1-45(2)36-10-4-3-9-30(36)31-16-15-27(20-37(31)45)42-33(22-47)32(21-46)34(23-48)43(35(42)24-49)28-17-26(25-52-40-13-7-5-11-38(40)50)18-29(19-28)44-51-39-12-6-8-14-41(39)53-44/h3-20H,25,50H2,1-2H3. The fraction of sp³-hybridized carbons (Fsp3) is 0.0889. The highest BCUT2D eigenvalue weighted by Crippen LogP contribution is 2.50. The number of aromatic nitrogens is 1. The smallest absolute Gasteiger partial charge is 0.227 e. The molecular weight excluding hydrogens is 657 g/mol. The van der Waals surface area contributed by atoms with Crippen LogP contribution < -0.4 is 10.5 Å². The molecule has 0 unspecified atom stereocenters. The van der Waals surface area contributed by atoms with Gasteiger partial charge in [-0.2, -0.15) is 21.0 Å². The Bertz CT molecular complexity index is 2800. The number of benzene rings is 6. The Morgan fingerprint density at radius 1 is 0.642 bits per heavy atom. The summed E-state index contributed by atoms with van der Waals surface area (Å²) in [6.07, 6.45) is 0. The van der Waals surface area contributed by atoms with Gasteiger partial charge in [-0.05, 0) is 87.5 Å². The number of rotatable bonds is 6. The monoisotopic (exact) mass is 684 g/mol. The van der Waals surface area contributed by atoms with E-state index >= 15 is 0 Å². The fourth-order valence-electron chi connectivity index (χ4n) is 7.45. The van der Waals surface area contributed by atoms with Gasteiger partial charge in [-0.1, -0.05) is 74.5 Å². The van der Waals surface area contributed by atoms with Gasteiger partial charge >= 0.3 is 0 Å². The van der Waals surface area contributed by atoms with Crippen molar-refractivity contribution < 1.29 is 9.15 Å². The molecule has 8 nitrogen and oxygen atoms in total. The molecule has 0 fully saturated rings. The maximum Gasteiger partial charge on any atom is 0.227 e. The SMILES string of the molecule is CC1(C)c2ccccc2-c2ccc(-c3c(C#N)c(C#N)c(C#N)c(-c4cc(COc5ccccc5N)cc(-c5nc6ccccc6o5)c4)c3C#N)cc21. The average molecular weight is 685 g/mol. The Balaban J connectivity index is 1.38. The van der Waals surface area contributed by atoms with E-state index in [-0.39, 0.29) is 45.4 Å². The zero-order valence-corrected chi connectivity index (χ0v) is 28.7. The van der Waals surface area contributed by atoms with E-state index in [0.29, 0.717) is 50.7 Å². The van der Waals surface area contributed by atoms with Crippen LogP contribution in [0.5, 0.6) is 5.75 Å². The van der Waals surface area contributed by atoms with E-state index in [4.69, 9.17) is 19.9 Å². The zero-order valence-electron chi connectivity index (χ0n) is 28.7. The first kappa shape index (κ1) is 32.5. The van der Waals surface area contributed by atoms with Crippen molar-refractivity contribution in [3.8, 4) is 74.9 Å². The molecule has 0 saturated heterocycles. The van der Waals surface area contributed by atoms with Crippen LogP contribution in [0.25, 0.3) is 55.9 Å². The highest BCUT2D eigenvalue weighted by Gasteiger charge is 2.36. The summed E-state index contributed by atoms with van der Waals surface area (Å²) in [6, 6.07) is 42.9. The molecule has 0 spiro atoms. The molecule has 8 rings (SSSR count). The van der Waals surface area contributed by atoms with Crippen molar-refractivity contribution in [3.63, 3.8) is 0 Å². The number of anilines is 1. The number of nitrogens with two attached hydrogens (primary N) is 1. The van der Waals surface area contributed by atoms with E-state index in [0.717, 1.165) is 16.7 Å². The van der Waals surface area contributed by atoms with Gasteiger partial charge < -0.3 is 14.9 Å². The molecule has 0 atom stereocenters. The quantitative estimate of drug-likeness (QED) is 0.170. The van der Waals surface area contributed by atoms with Crippen LogP contribution in [0.4, 0.5) is 5.69 Å². The van der Waals surface area contributed by atoms with E-state index in [9.17, 15) is 21.0 Å². The number of para-hydroxylation sites is 4. The number of nitrogens with zero attached hydrogens (tertiary/aromatic N) is 5. The summed E-state index contributed by atoms with van der Waals surface area (Å²) in [5.74, 6) is 0.811. The van der Waals surface area contributed by atoms with Crippen molar-refractivity contribution in [3.05, 3.63) is 148 Å². The minimum Gasteiger partial charge on any atom is -0.487 e. The minimum atomic E-state index is -0.361. The maximum atomic E-state index is 11.0. The minimum absolute atomic E-state index is 0.0316. The van der Waals surface area contributed by atoms with Crippen LogP contribution in [0.15, 0.2) is 114 Å². The second-order valence-corrected chi connectivity index (χ2v) is 13.4. The molecule has 8 heteroatoms. The lowest BCUT2D eigenvalue weighted by molar-refractivity contribution is 0.308. The van der Waals surface area contributed by atoms with Gasteiger partial charge in [0.15, 0.2) is 5.58 Å². The third-order valence-corrected chi connectivity index (χ3v) is 9.96. The molecule has 2 N–H and O–H groups in total. The van der Waals surface area contributed by atoms with Crippen LogP contribution in [0.1, 0.15) is 52.8 Å². The number of hydrogen-bond acceptors (Lipinski definition) is 8. The van der Waals surface area contributed by atoms with Crippen LogP contribution >= 0.6 is 0 Å². The molecule has 53 heavy (non-hydrogen) atoms. The predicted octanol–water partition coefficient (Wildman–Crippen LogP) is 9.78. The maximum absolute atomic E-state index is 11.0. The summed E-state index contributed by atoms with van der Waals surface area (Å²) in [5.41, 5.74) is 14.6. The Kier molecular flexibility index (Phi) is 7.73. The first-order chi connectivity index (χ1) is 25.8. The van der Waals surface area contributed by atoms with Gasteiger partial charge in [0.25, 0.3) is 0 Å². The van der Waals surface area contributed by atoms with Crippen LogP contribution in [0.3, 0.4) is 0 Å². The van der Waals surface area contributed by atoms with E-state index in [2.05, 4.69) is 50.3 Å². The summed E-state index contributed by atoms with van der Waals surface area (Å²) in [6.45, 7) is 4.37. The van der Waals surface area contributed by atoms with Gasteiger partial charge in [0.2, 0.25) is 5.89 Å².